The molecule has 15 heavy (non-hydrogen) atoms. The van der Waals surface area contributed by atoms with Crippen molar-refractivity contribution in [1.29, 1.82) is 5.26 Å². The monoisotopic (exact) mass is 233 g/mol. The van der Waals surface area contributed by atoms with Crippen LogP contribution >= 0.6 is 11.6 Å². The molecule has 0 saturated heterocycles. The molecule has 8 heteroatoms. The van der Waals surface area contributed by atoms with E-state index in [0.29, 0.717) is 0 Å². The number of nitriles is 1. The van der Waals surface area contributed by atoms with Crippen molar-refractivity contribution in [2.24, 2.45) is 0 Å². The van der Waals surface area contributed by atoms with Crippen molar-refractivity contribution < 1.29 is 13.7 Å². The fourth-order valence-electron chi connectivity index (χ4n) is 0.938. The highest BCUT2D eigenvalue weighted by Crippen LogP contribution is 2.29. The number of halogens is 3. The van der Waals surface area contributed by atoms with Gasteiger partial charge in [0.1, 0.15) is 6.07 Å². The first-order chi connectivity index (χ1) is 6.97. The molecule has 0 radical (unpaired) electrons. The highest BCUT2D eigenvalue weighted by molar-refractivity contribution is 6.29. The Morgan fingerprint density at radius 3 is 2.67 bits per heavy atom. The van der Waals surface area contributed by atoms with Crippen LogP contribution in [0.4, 0.5) is 14.6 Å². The van der Waals surface area contributed by atoms with Crippen LogP contribution in [0.3, 0.4) is 0 Å². The molecule has 0 spiro atoms. The summed E-state index contributed by atoms with van der Waals surface area (Å²) >= 11 is 5.31. The molecule has 0 N–H and O–H groups in total. The predicted octanol–water partition coefficient (Wildman–Crippen LogP) is 2.45. The van der Waals surface area contributed by atoms with Gasteiger partial charge in [-0.2, -0.15) is 5.26 Å². The minimum absolute atomic E-state index is 0.448. The molecule has 0 aromatic carbocycles. The zero-order valence-electron chi connectivity index (χ0n) is 6.95. The molecular formula is C7H2ClF2N3O2. The first-order valence-electron chi connectivity index (χ1n) is 3.50. The standard InChI is InChI=1S/C7H2ClF2N3O2/c8-5-1-3(6(9)10)4(2-11)7(12-5)13(14)15/h1,6H. The van der Waals surface area contributed by atoms with Gasteiger partial charge >= 0.3 is 5.82 Å². The van der Waals surface area contributed by atoms with E-state index in [4.69, 9.17) is 16.9 Å². The Morgan fingerprint density at radius 2 is 2.27 bits per heavy atom. The lowest BCUT2D eigenvalue weighted by atomic mass is 10.1. The Balaban J connectivity index is 3.54. The number of nitrogens with zero attached hydrogens (tertiary/aromatic N) is 3. The number of hydrogen-bond donors (Lipinski definition) is 0. The van der Waals surface area contributed by atoms with Gasteiger partial charge in [-0.05, 0) is 21.5 Å². The van der Waals surface area contributed by atoms with Crippen LogP contribution in [-0.2, 0) is 0 Å². The van der Waals surface area contributed by atoms with Crippen LogP contribution in [0.2, 0.25) is 5.15 Å². The van der Waals surface area contributed by atoms with Gasteiger partial charge < -0.3 is 10.1 Å². The number of alkyl halides is 2. The van der Waals surface area contributed by atoms with Crippen molar-refractivity contribution in [3.63, 3.8) is 0 Å². The molecule has 1 heterocycles. The summed E-state index contributed by atoms with van der Waals surface area (Å²) in [5, 5.41) is 18.5. The maximum atomic E-state index is 12.4. The highest BCUT2D eigenvalue weighted by Gasteiger charge is 2.26. The van der Waals surface area contributed by atoms with E-state index in [2.05, 4.69) is 4.98 Å². The maximum Gasteiger partial charge on any atom is 0.383 e. The molecular weight excluding hydrogens is 232 g/mol. The highest BCUT2D eigenvalue weighted by atomic mass is 35.5. The molecule has 0 aliphatic carbocycles. The molecule has 0 aliphatic heterocycles. The third kappa shape index (κ3) is 2.16. The molecule has 0 fully saturated rings. The first kappa shape index (κ1) is 11.3. The van der Waals surface area contributed by atoms with Crippen molar-refractivity contribution in [2.45, 2.75) is 6.43 Å². The van der Waals surface area contributed by atoms with Gasteiger partial charge in [0.25, 0.3) is 6.43 Å². The Morgan fingerprint density at radius 1 is 1.67 bits per heavy atom. The van der Waals surface area contributed by atoms with Crippen molar-refractivity contribution in [1.82, 2.24) is 4.98 Å². The molecule has 78 valence electrons. The van der Waals surface area contributed by atoms with Gasteiger partial charge in [0.15, 0.2) is 5.56 Å². The third-order valence-corrected chi connectivity index (χ3v) is 1.71. The Bertz CT molecular complexity index is 458. The van der Waals surface area contributed by atoms with Crippen LogP contribution in [0.25, 0.3) is 0 Å². The van der Waals surface area contributed by atoms with Gasteiger partial charge in [-0.1, -0.05) is 0 Å². The van der Waals surface area contributed by atoms with E-state index in [1.54, 1.807) is 0 Å². The van der Waals surface area contributed by atoms with E-state index < -0.39 is 33.4 Å². The van der Waals surface area contributed by atoms with Gasteiger partial charge in [0.05, 0.1) is 0 Å². The number of rotatable bonds is 2. The summed E-state index contributed by atoms with van der Waals surface area (Å²) in [6.45, 7) is 0. The van der Waals surface area contributed by atoms with E-state index in [1.165, 1.54) is 6.07 Å². The summed E-state index contributed by atoms with van der Waals surface area (Å²) < 4.78 is 24.8. The molecule has 1 aromatic rings. The van der Waals surface area contributed by atoms with Gasteiger partial charge in [-0.25, -0.2) is 8.78 Å². The van der Waals surface area contributed by atoms with E-state index in [9.17, 15) is 18.9 Å². The second-order valence-corrected chi connectivity index (χ2v) is 2.79. The molecule has 1 rings (SSSR count). The second-order valence-electron chi connectivity index (χ2n) is 2.40. The number of hydrogen-bond acceptors (Lipinski definition) is 4. The third-order valence-electron chi connectivity index (χ3n) is 1.52. The maximum absolute atomic E-state index is 12.4. The molecule has 0 amide bonds. The minimum Gasteiger partial charge on any atom is -0.358 e. The fraction of sp³-hybridized carbons (Fsp3) is 0.143. The molecule has 0 unspecified atom stereocenters. The summed E-state index contributed by atoms with van der Waals surface area (Å²) in [5.74, 6) is -0.958. The SMILES string of the molecule is N#Cc1c(C(F)F)cc(Cl)nc1[N+](=O)[O-]. The number of aromatic nitrogens is 1. The van der Waals surface area contributed by atoms with E-state index in [0.717, 1.165) is 6.07 Å². The lowest BCUT2D eigenvalue weighted by molar-refractivity contribution is -0.389. The summed E-state index contributed by atoms with van der Waals surface area (Å²) in [6.07, 6.45) is -3.01. The Kier molecular flexibility index (Phi) is 3.11. The molecule has 0 atom stereocenters. The average molecular weight is 234 g/mol. The molecule has 0 saturated carbocycles. The lowest BCUT2D eigenvalue weighted by Crippen LogP contribution is -2.01. The summed E-state index contributed by atoms with van der Waals surface area (Å²) in [5.41, 5.74) is -1.55. The van der Waals surface area contributed by atoms with Crippen LogP contribution in [0.15, 0.2) is 6.07 Å². The van der Waals surface area contributed by atoms with Crippen molar-refractivity contribution in [2.75, 3.05) is 0 Å². The van der Waals surface area contributed by atoms with Crippen molar-refractivity contribution in [3.8, 4) is 6.07 Å². The van der Waals surface area contributed by atoms with Crippen LogP contribution in [0.5, 0.6) is 0 Å². The zero-order valence-corrected chi connectivity index (χ0v) is 7.70. The van der Waals surface area contributed by atoms with Gasteiger partial charge in [-0.3, -0.25) is 0 Å². The van der Waals surface area contributed by atoms with Crippen LogP contribution in [0, 0.1) is 21.4 Å². The van der Waals surface area contributed by atoms with Crippen molar-refractivity contribution in [3.05, 3.63) is 32.5 Å². The van der Waals surface area contributed by atoms with Gasteiger partial charge in [0, 0.05) is 11.6 Å². The molecule has 1 aromatic heterocycles. The number of pyridine rings is 1. The smallest absolute Gasteiger partial charge is 0.358 e. The van der Waals surface area contributed by atoms with Crippen molar-refractivity contribution >= 4 is 17.4 Å². The summed E-state index contributed by atoms with van der Waals surface area (Å²) in [7, 11) is 0. The lowest BCUT2D eigenvalue weighted by Gasteiger charge is -2.02. The topological polar surface area (TPSA) is 79.8 Å². The molecule has 0 bridgehead atoms. The number of nitro groups is 1. The fourth-order valence-corrected chi connectivity index (χ4v) is 1.14. The zero-order chi connectivity index (χ0) is 11.6. The Hall–Kier alpha value is -1.81. The van der Waals surface area contributed by atoms with Crippen LogP contribution < -0.4 is 0 Å². The quantitative estimate of drug-likeness (QED) is 0.446. The summed E-state index contributed by atoms with van der Waals surface area (Å²) in [6, 6.07) is 2.05. The van der Waals surface area contributed by atoms with Gasteiger partial charge in [0.2, 0.25) is 5.15 Å². The predicted molar refractivity (Wildman–Crippen MR) is 45.6 cm³/mol. The molecule has 5 nitrogen and oxygen atoms in total. The Labute approximate surface area is 87.1 Å². The largest absolute Gasteiger partial charge is 0.383 e. The normalized spacial score (nSPS) is 10.1. The minimum atomic E-state index is -3.01. The average Bonchev–Trinajstić information content (AvgIpc) is 2.16. The van der Waals surface area contributed by atoms with Crippen LogP contribution in [-0.4, -0.2) is 9.91 Å². The van der Waals surface area contributed by atoms with E-state index in [1.807, 2.05) is 0 Å². The summed E-state index contributed by atoms with van der Waals surface area (Å²) in [4.78, 5) is 12.6. The second kappa shape index (κ2) is 4.14. The molecule has 0 aliphatic rings. The van der Waals surface area contributed by atoms with Gasteiger partial charge in [-0.15, -0.1) is 0 Å². The van der Waals surface area contributed by atoms with E-state index in [-0.39, 0.29) is 0 Å². The first-order valence-corrected chi connectivity index (χ1v) is 3.88. The van der Waals surface area contributed by atoms with Crippen LogP contribution in [0.1, 0.15) is 17.6 Å². The van der Waals surface area contributed by atoms with E-state index >= 15 is 0 Å².